The Kier molecular flexibility index (Phi) is 7.76. The number of thioether (sulfide) groups is 1. The number of hydrogen-bond donors (Lipinski definition) is 1. The molecule has 1 saturated heterocycles. The average molecular weight is 525 g/mol. The molecule has 1 N–H and O–H groups in total. The number of carbonyl (C=O) groups excluding carboxylic acids is 3. The second kappa shape index (κ2) is 11.0. The first-order chi connectivity index (χ1) is 17.2. The zero-order valence-electron chi connectivity index (χ0n) is 19.5. The summed E-state index contributed by atoms with van der Waals surface area (Å²) in [6.07, 6.45) is 1.55. The van der Waals surface area contributed by atoms with Crippen LogP contribution in [0.3, 0.4) is 0 Å². The number of nitrogens with one attached hydrogen (secondary N) is 1. The van der Waals surface area contributed by atoms with E-state index in [4.69, 9.17) is 16.3 Å². The lowest BCUT2D eigenvalue weighted by atomic mass is 10.1. The Balaban J connectivity index is 1.43. The van der Waals surface area contributed by atoms with E-state index in [1.165, 1.54) is 12.1 Å². The van der Waals surface area contributed by atoms with Gasteiger partial charge in [-0.25, -0.2) is 4.39 Å². The van der Waals surface area contributed by atoms with E-state index < -0.39 is 22.9 Å². The summed E-state index contributed by atoms with van der Waals surface area (Å²) in [4.78, 5) is 38.9. The summed E-state index contributed by atoms with van der Waals surface area (Å²) in [7, 11) is 0. The predicted octanol–water partition coefficient (Wildman–Crippen LogP) is 6.35. The smallest absolute Gasteiger partial charge is 0.294 e. The van der Waals surface area contributed by atoms with Crippen LogP contribution in [0, 0.1) is 19.7 Å². The standard InChI is InChI=1S/C27H22ClFN2O4S/c1-16-6-3-11-23(17(16)2)30-25(32)14-31-26(33)24(36-27(31)34)13-18-7-4-8-19(12-18)35-15-20-21(28)9-5-10-22(20)29/h3-13H,14-15H2,1-2H3,(H,30,32)/b24-13+. The van der Waals surface area contributed by atoms with Crippen LogP contribution in [0.4, 0.5) is 14.9 Å². The fourth-order valence-electron chi connectivity index (χ4n) is 3.53. The van der Waals surface area contributed by atoms with Gasteiger partial charge in [-0.3, -0.25) is 19.3 Å². The van der Waals surface area contributed by atoms with Crippen LogP contribution in [0.2, 0.25) is 5.02 Å². The Morgan fingerprint density at radius 2 is 1.86 bits per heavy atom. The average Bonchev–Trinajstić information content (AvgIpc) is 3.09. The zero-order valence-corrected chi connectivity index (χ0v) is 21.1. The summed E-state index contributed by atoms with van der Waals surface area (Å²) in [6, 6.07) is 16.7. The molecule has 184 valence electrons. The fourth-order valence-corrected chi connectivity index (χ4v) is 4.58. The molecule has 0 atom stereocenters. The van der Waals surface area contributed by atoms with Gasteiger partial charge in [-0.15, -0.1) is 0 Å². The van der Waals surface area contributed by atoms with Crippen molar-refractivity contribution in [3.8, 4) is 5.75 Å². The highest BCUT2D eigenvalue weighted by Crippen LogP contribution is 2.33. The van der Waals surface area contributed by atoms with E-state index in [1.807, 2.05) is 26.0 Å². The molecule has 0 aliphatic carbocycles. The molecule has 1 heterocycles. The maximum atomic E-state index is 14.0. The van der Waals surface area contributed by atoms with E-state index >= 15 is 0 Å². The summed E-state index contributed by atoms with van der Waals surface area (Å²) < 4.78 is 19.7. The van der Waals surface area contributed by atoms with E-state index in [-0.39, 0.29) is 28.6 Å². The molecule has 3 aromatic rings. The van der Waals surface area contributed by atoms with Crippen LogP contribution in [0.15, 0.2) is 65.6 Å². The highest BCUT2D eigenvalue weighted by atomic mass is 35.5. The molecule has 6 nitrogen and oxygen atoms in total. The van der Waals surface area contributed by atoms with Crippen LogP contribution < -0.4 is 10.1 Å². The number of aryl methyl sites for hydroxylation is 1. The Labute approximate surface area is 217 Å². The molecular formula is C27H22ClFN2O4S. The largest absolute Gasteiger partial charge is 0.489 e. The molecule has 1 fully saturated rings. The first-order valence-electron chi connectivity index (χ1n) is 11.0. The van der Waals surface area contributed by atoms with Crippen LogP contribution in [0.1, 0.15) is 22.3 Å². The minimum absolute atomic E-state index is 0.0685. The van der Waals surface area contributed by atoms with Crippen LogP contribution >= 0.6 is 23.4 Å². The Bertz CT molecular complexity index is 1370. The number of anilines is 1. The predicted molar refractivity (Wildman–Crippen MR) is 139 cm³/mol. The van der Waals surface area contributed by atoms with E-state index in [2.05, 4.69) is 5.32 Å². The Morgan fingerprint density at radius 3 is 2.64 bits per heavy atom. The highest BCUT2D eigenvalue weighted by Gasteiger charge is 2.36. The van der Waals surface area contributed by atoms with Crippen molar-refractivity contribution in [3.05, 3.63) is 98.7 Å². The van der Waals surface area contributed by atoms with Crippen molar-refractivity contribution >= 4 is 52.2 Å². The van der Waals surface area contributed by atoms with Gasteiger partial charge in [0.25, 0.3) is 11.1 Å². The summed E-state index contributed by atoms with van der Waals surface area (Å²) in [5.41, 5.74) is 3.42. The summed E-state index contributed by atoms with van der Waals surface area (Å²) in [5, 5.41) is 2.50. The maximum Gasteiger partial charge on any atom is 0.294 e. The first-order valence-corrected chi connectivity index (χ1v) is 12.2. The van der Waals surface area contributed by atoms with Gasteiger partial charge in [0.15, 0.2) is 0 Å². The van der Waals surface area contributed by atoms with Gasteiger partial charge in [0.05, 0.1) is 9.93 Å². The third kappa shape index (κ3) is 5.78. The van der Waals surface area contributed by atoms with Crippen molar-refractivity contribution in [3.63, 3.8) is 0 Å². The van der Waals surface area contributed by atoms with Crippen LogP contribution in [0.25, 0.3) is 6.08 Å². The molecule has 0 spiro atoms. The number of nitrogens with zero attached hydrogens (tertiary/aromatic N) is 1. The second-order valence-corrected chi connectivity index (χ2v) is 9.53. The molecule has 0 unspecified atom stereocenters. The van der Waals surface area contributed by atoms with Gasteiger partial charge in [0, 0.05) is 11.3 Å². The molecule has 0 aromatic heterocycles. The SMILES string of the molecule is Cc1cccc(NC(=O)CN2C(=O)S/C(=C/c3cccc(OCc4c(F)cccc4Cl)c3)C2=O)c1C. The van der Waals surface area contributed by atoms with Crippen molar-refractivity contribution < 1.29 is 23.5 Å². The Morgan fingerprint density at radius 1 is 1.11 bits per heavy atom. The minimum atomic E-state index is -0.550. The van der Waals surface area contributed by atoms with Gasteiger partial charge in [0.1, 0.15) is 24.7 Å². The summed E-state index contributed by atoms with van der Waals surface area (Å²) in [6.45, 7) is 3.36. The van der Waals surface area contributed by atoms with Gasteiger partial charge < -0.3 is 10.1 Å². The molecule has 3 amide bonds. The molecule has 0 saturated carbocycles. The number of benzene rings is 3. The lowest BCUT2D eigenvalue weighted by molar-refractivity contribution is -0.127. The fraction of sp³-hybridized carbons (Fsp3) is 0.148. The number of halogens is 2. The third-order valence-corrected chi connectivity index (χ3v) is 6.92. The molecule has 1 aliphatic rings. The molecule has 0 bridgehead atoms. The van der Waals surface area contributed by atoms with Crippen LogP contribution in [0.5, 0.6) is 5.75 Å². The van der Waals surface area contributed by atoms with Gasteiger partial charge in [-0.05, 0) is 78.7 Å². The number of hydrogen-bond acceptors (Lipinski definition) is 5. The van der Waals surface area contributed by atoms with Crippen LogP contribution in [-0.2, 0) is 16.2 Å². The van der Waals surface area contributed by atoms with E-state index in [0.717, 1.165) is 27.8 Å². The second-order valence-electron chi connectivity index (χ2n) is 8.12. The maximum absolute atomic E-state index is 14.0. The minimum Gasteiger partial charge on any atom is -0.489 e. The number of carbonyl (C=O) groups is 3. The zero-order chi connectivity index (χ0) is 25.8. The lowest BCUT2D eigenvalue weighted by Crippen LogP contribution is -2.36. The third-order valence-electron chi connectivity index (χ3n) is 5.65. The summed E-state index contributed by atoms with van der Waals surface area (Å²) in [5.74, 6) is -1.04. The number of imide groups is 1. The molecule has 1 aliphatic heterocycles. The van der Waals surface area contributed by atoms with Crippen LogP contribution in [-0.4, -0.2) is 28.5 Å². The molecular weight excluding hydrogens is 503 g/mol. The van der Waals surface area contributed by atoms with E-state index in [1.54, 1.807) is 42.5 Å². The number of rotatable bonds is 7. The molecule has 3 aromatic carbocycles. The van der Waals surface area contributed by atoms with Gasteiger partial charge >= 0.3 is 0 Å². The van der Waals surface area contributed by atoms with Crippen molar-refractivity contribution in [2.75, 3.05) is 11.9 Å². The van der Waals surface area contributed by atoms with Crippen molar-refractivity contribution in [1.82, 2.24) is 4.90 Å². The quantitative estimate of drug-likeness (QED) is 0.364. The number of amides is 3. The molecule has 0 radical (unpaired) electrons. The van der Waals surface area contributed by atoms with E-state index in [0.29, 0.717) is 17.0 Å². The highest BCUT2D eigenvalue weighted by molar-refractivity contribution is 8.18. The Hall–Kier alpha value is -3.62. The molecule has 4 rings (SSSR count). The van der Waals surface area contributed by atoms with Gasteiger partial charge in [0.2, 0.25) is 5.91 Å². The normalized spacial score (nSPS) is 14.4. The van der Waals surface area contributed by atoms with E-state index in [9.17, 15) is 18.8 Å². The van der Waals surface area contributed by atoms with Crippen molar-refractivity contribution in [1.29, 1.82) is 0 Å². The number of ether oxygens (including phenoxy) is 1. The topological polar surface area (TPSA) is 75.7 Å². The van der Waals surface area contributed by atoms with Crippen molar-refractivity contribution in [2.24, 2.45) is 0 Å². The van der Waals surface area contributed by atoms with Gasteiger partial charge in [-0.2, -0.15) is 0 Å². The lowest BCUT2D eigenvalue weighted by Gasteiger charge is -2.14. The summed E-state index contributed by atoms with van der Waals surface area (Å²) >= 11 is 6.81. The first kappa shape index (κ1) is 25.5. The molecule has 36 heavy (non-hydrogen) atoms. The van der Waals surface area contributed by atoms with Gasteiger partial charge in [-0.1, -0.05) is 41.9 Å². The van der Waals surface area contributed by atoms with Crippen molar-refractivity contribution in [2.45, 2.75) is 20.5 Å². The monoisotopic (exact) mass is 524 g/mol. The molecule has 9 heteroatoms.